The van der Waals surface area contributed by atoms with E-state index >= 15 is 0 Å². The van der Waals surface area contributed by atoms with Crippen molar-refractivity contribution in [3.05, 3.63) is 0 Å². The first-order valence-electron chi connectivity index (χ1n) is 38.8. The maximum Gasteiger partial charge on any atom is 0.472 e. The Kier molecular flexibility index (Phi) is 67.1. The quantitative estimate of drug-likeness (QED) is 0.0222. The fraction of sp³-hybridized carbons (Fsp3) is 0.946. The number of esters is 4. The molecule has 0 aliphatic rings. The highest BCUT2D eigenvalue weighted by atomic mass is 31.2. The molecule has 0 aromatic heterocycles. The van der Waals surface area contributed by atoms with Gasteiger partial charge in [0.05, 0.1) is 26.4 Å². The monoisotopic (exact) mass is 1370 g/mol. The molecule has 0 radical (unpaired) electrons. The van der Waals surface area contributed by atoms with Crippen molar-refractivity contribution in [2.75, 3.05) is 39.6 Å². The third-order valence-corrected chi connectivity index (χ3v) is 19.3. The Hall–Kier alpha value is -1.94. The molecule has 5 atom stereocenters. The fourth-order valence-electron chi connectivity index (χ4n) is 11.4. The lowest BCUT2D eigenvalue weighted by atomic mass is 10.0. The molecule has 0 aliphatic heterocycles. The summed E-state index contributed by atoms with van der Waals surface area (Å²) < 4.78 is 68.4. The SMILES string of the molecule is CCCCCCCCCCCCCCCCCCCC(=O)O[C@H](COC(=O)CCCCCCCCCCCCCCCCC)COP(=O)(O)OC[C@@H](O)COP(=O)(O)OC[C@@H](COC(=O)CCCCCCCCC)OC(=O)CCCCCCCCCCCCCCCC. The molecule has 0 heterocycles. The summed E-state index contributed by atoms with van der Waals surface area (Å²) in [6.45, 7) is 4.95. The summed E-state index contributed by atoms with van der Waals surface area (Å²) in [6.07, 6.45) is 58.3. The Morgan fingerprint density at radius 2 is 0.430 bits per heavy atom. The normalized spacial score (nSPS) is 13.9. The first-order valence-corrected chi connectivity index (χ1v) is 41.8. The molecular weight excluding hydrogens is 1220 g/mol. The molecular formula is C74H144O17P2. The summed E-state index contributed by atoms with van der Waals surface area (Å²) in [5.74, 6) is -2.12. The van der Waals surface area contributed by atoms with E-state index in [1.54, 1.807) is 0 Å². The topological polar surface area (TPSA) is 237 Å². The van der Waals surface area contributed by atoms with Crippen LogP contribution in [0.3, 0.4) is 0 Å². The fourth-order valence-corrected chi connectivity index (χ4v) is 13.0. The molecule has 0 aromatic carbocycles. The van der Waals surface area contributed by atoms with Gasteiger partial charge in [0.25, 0.3) is 0 Å². The molecule has 0 amide bonds. The molecule has 0 aliphatic carbocycles. The van der Waals surface area contributed by atoms with Gasteiger partial charge >= 0.3 is 39.5 Å². The minimum Gasteiger partial charge on any atom is -0.462 e. The zero-order valence-corrected chi connectivity index (χ0v) is 62.0. The van der Waals surface area contributed by atoms with E-state index in [9.17, 15) is 43.2 Å². The molecule has 93 heavy (non-hydrogen) atoms. The summed E-state index contributed by atoms with van der Waals surface area (Å²) >= 11 is 0. The van der Waals surface area contributed by atoms with Gasteiger partial charge in [0.1, 0.15) is 19.3 Å². The molecule has 0 rings (SSSR count). The molecule has 0 bridgehead atoms. The van der Waals surface area contributed by atoms with Gasteiger partial charge in [0, 0.05) is 25.7 Å². The highest BCUT2D eigenvalue weighted by Gasteiger charge is 2.30. The van der Waals surface area contributed by atoms with Crippen molar-refractivity contribution < 1.29 is 80.2 Å². The van der Waals surface area contributed by atoms with E-state index in [1.807, 2.05) is 0 Å². The lowest BCUT2D eigenvalue weighted by Gasteiger charge is -2.21. The number of carbonyl (C=O) groups excluding carboxylic acids is 4. The lowest BCUT2D eigenvalue weighted by Crippen LogP contribution is -2.30. The van der Waals surface area contributed by atoms with E-state index in [0.29, 0.717) is 25.7 Å². The Bertz CT molecular complexity index is 1770. The standard InChI is InChI=1S/C74H144O17P2/c1-5-9-13-17-21-24-27-30-33-34-36-39-42-45-49-53-57-61-74(79)91-70(65-85-72(77)59-55-51-47-43-40-38-35-31-28-25-22-18-14-10-6-2)67-89-93(82,83)87-63-68(75)62-86-92(80,81)88-66-69(64-84-71(76)58-54-50-46-20-16-12-8-4)90-73(78)60-56-52-48-44-41-37-32-29-26-23-19-15-11-7-3/h68-70,75H,5-67H2,1-4H3,(H,80,81)(H,82,83)/t68-,69+,70+/m0/s1. The zero-order chi connectivity index (χ0) is 68.2. The van der Waals surface area contributed by atoms with Crippen LogP contribution in [0.15, 0.2) is 0 Å². The van der Waals surface area contributed by atoms with Crippen LogP contribution in [0.1, 0.15) is 394 Å². The molecule has 2 unspecified atom stereocenters. The first-order chi connectivity index (χ1) is 45.2. The van der Waals surface area contributed by atoms with Crippen molar-refractivity contribution in [2.45, 2.75) is 412 Å². The second-order valence-corrected chi connectivity index (χ2v) is 29.6. The van der Waals surface area contributed by atoms with Crippen LogP contribution in [-0.4, -0.2) is 96.7 Å². The molecule has 0 saturated carbocycles. The molecule has 552 valence electrons. The van der Waals surface area contributed by atoms with E-state index < -0.39 is 97.5 Å². The van der Waals surface area contributed by atoms with E-state index in [1.165, 1.54) is 212 Å². The van der Waals surface area contributed by atoms with Gasteiger partial charge < -0.3 is 33.8 Å². The summed E-state index contributed by atoms with van der Waals surface area (Å²) in [6, 6.07) is 0. The van der Waals surface area contributed by atoms with E-state index in [0.717, 1.165) is 103 Å². The van der Waals surface area contributed by atoms with Gasteiger partial charge in [0.2, 0.25) is 0 Å². The molecule has 17 nitrogen and oxygen atoms in total. The van der Waals surface area contributed by atoms with Crippen molar-refractivity contribution in [3.8, 4) is 0 Å². The number of hydrogen-bond donors (Lipinski definition) is 3. The van der Waals surface area contributed by atoms with Crippen molar-refractivity contribution in [3.63, 3.8) is 0 Å². The van der Waals surface area contributed by atoms with Gasteiger partial charge in [-0.1, -0.05) is 342 Å². The van der Waals surface area contributed by atoms with Crippen molar-refractivity contribution in [2.24, 2.45) is 0 Å². The van der Waals surface area contributed by atoms with Crippen LogP contribution in [0.2, 0.25) is 0 Å². The Morgan fingerprint density at radius 1 is 0.258 bits per heavy atom. The van der Waals surface area contributed by atoms with Gasteiger partial charge in [-0.25, -0.2) is 9.13 Å². The number of aliphatic hydroxyl groups excluding tert-OH is 1. The second kappa shape index (κ2) is 68.6. The number of phosphoric acid groups is 2. The van der Waals surface area contributed by atoms with Crippen LogP contribution in [0.4, 0.5) is 0 Å². The predicted molar refractivity (Wildman–Crippen MR) is 377 cm³/mol. The van der Waals surface area contributed by atoms with E-state index in [2.05, 4.69) is 27.7 Å². The average Bonchev–Trinajstić information content (AvgIpc) is 2.39. The lowest BCUT2D eigenvalue weighted by molar-refractivity contribution is -0.161. The summed E-state index contributed by atoms with van der Waals surface area (Å²) in [5, 5.41) is 10.6. The highest BCUT2D eigenvalue weighted by Crippen LogP contribution is 2.45. The highest BCUT2D eigenvalue weighted by molar-refractivity contribution is 7.47. The molecule has 3 N–H and O–H groups in total. The van der Waals surface area contributed by atoms with E-state index in [4.69, 9.17) is 37.0 Å². The number of carbonyl (C=O) groups is 4. The number of ether oxygens (including phenoxy) is 4. The maximum absolute atomic E-state index is 13.1. The van der Waals surface area contributed by atoms with E-state index in [-0.39, 0.29) is 25.7 Å². The second-order valence-electron chi connectivity index (χ2n) is 26.7. The third-order valence-electron chi connectivity index (χ3n) is 17.4. The van der Waals surface area contributed by atoms with Gasteiger partial charge in [-0.05, 0) is 25.7 Å². The number of aliphatic hydroxyl groups is 1. The largest absolute Gasteiger partial charge is 0.472 e. The van der Waals surface area contributed by atoms with Gasteiger partial charge in [-0.3, -0.25) is 37.3 Å². The Morgan fingerprint density at radius 3 is 0.634 bits per heavy atom. The van der Waals surface area contributed by atoms with Crippen LogP contribution in [0.5, 0.6) is 0 Å². The number of rotatable bonds is 75. The summed E-state index contributed by atoms with van der Waals surface area (Å²) in [7, 11) is -9.90. The smallest absolute Gasteiger partial charge is 0.462 e. The first kappa shape index (κ1) is 91.1. The van der Waals surface area contributed by atoms with Crippen LogP contribution < -0.4 is 0 Å². The average molecular weight is 1370 g/mol. The minimum absolute atomic E-state index is 0.108. The van der Waals surface area contributed by atoms with Crippen LogP contribution in [0, 0.1) is 0 Å². The predicted octanol–water partition coefficient (Wildman–Crippen LogP) is 21.8. The third kappa shape index (κ3) is 68.4. The van der Waals surface area contributed by atoms with Gasteiger partial charge in [-0.15, -0.1) is 0 Å². The number of unbranched alkanes of at least 4 members (excludes halogenated alkanes) is 49. The van der Waals surface area contributed by atoms with Crippen LogP contribution >= 0.6 is 15.6 Å². The van der Waals surface area contributed by atoms with Gasteiger partial charge in [0.15, 0.2) is 12.2 Å². The number of hydrogen-bond acceptors (Lipinski definition) is 15. The molecule has 0 aromatic rings. The van der Waals surface area contributed by atoms with Crippen molar-refractivity contribution in [1.29, 1.82) is 0 Å². The van der Waals surface area contributed by atoms with Crippen molar-refractivity contribution >= 4 is 39.5 Å². The molecule has 0 fully saturated rings. The Labute approximate surface area is 568 Å². The maximum atomic E-state index is 13.1. The van der Waals surface area contributed by atoms with Gasteiger partial charge in [-0.2, -0.15) is 0 Å². The number of phosphoric ester groups is 2. The van der Waals surface area contributed by atoms with Crippen molar-refractivity contribution in [1.82, 2.24) is 0 Å². The summed E-state index contributed by atoms with van der Waals surface area (Å²) in [4.78, 5) is 72.6. The van der Waals surface area contributed by atoms with Crippen LogP contribution in [0.25, 0.3) is 0 Å². The molecule has 19 heteroatoms. The molecule has 0 spiro atoms. The Balaban J connectivity index is 5.19. The van der Waals surface area contributed by atoms with Crippen LogP contribution in [-0.2, 0) is 65.4 Å². The summed E-state index contributed by atoms with van der Waals surface area (Å²) in [5.41, 5.74) is 0. The zero-order valence-electron chi connectivity index (χ0n) is 60.2. The molecule has 0 saturated heterocycles. The minimum atomic E-state index is -4.95.